The summed E-state index contributed by atoms with van der Waals surface area (Å²) in [6.07, 6.45) is 6.80. The Morgan fingerprint density at radius 3 is 2.62 bits per heavy atom. The monoisotopic (exact) mass is 507 g/mol. The standard InChI is InChI=1S/C24H26FN5O2.2ClH/c1-17-6-7-22(27-14-17)29-16-24(32-23(29)31)11-8-18(9-12-24)15-26-21-10-13-30(28-21)20-5-3-2-4-19(20)25;;/h2-7,10,13-14,18H,8-9,11-12,15-16H2,1H3,(H,26,28);2*1H. The zero-order valence-electron chi connectivity index (χ0n) is 18.8. The number of carbonyl (C=O) groups is 1. The van der Waals surface area contributed by atoms with Gasteiger partial charge in [0, 0.05) is 25.0 Å². The first-order valence-corrected chi connectivity index (χ1v) is 11.0. The normalized spacial score (nSPS) is 21.5. The largest absolute Gasteiger partial charge is 0.441 e. The number of hydrogen-bond acceptors (Lipinski definition) is 5. The zero-order valence-corrected chi connectivity index (χ0v) is 20.4. The van der Waals surface area contributed by atoms with E-state index in [1.165, 1.54) is 6.07 Å². The predicted molar refractivity (Wildman–Crippen MR) is 134 cm³/mol. The first-order chi connectivity index (χ1) is 15.5. The van der Waals surface area contributed by atoms with E-state index in [-0.39, 0.29) is 36.7 Å². The van der Waals surface area contributed by atoms with Gasteiger partial charge in [0.25, 0.3) is 0 Å². The van der Waals surface area contributed by atoms with E-state index in [0.717, 1.165) is 43.6 Å². The van der Waals surface area contributed by atoms with E-state index in [4.69, 9.17) is 4.74 Å². The fraction of sp³-hybridized carbons (Fsp3) is 0.375. The van der Waals surface area contributed by atoms with Crippen molar-refractivity contribution in [3.63, 3.8) is 0 Å². The van der Waals surface area contributed by atoms with Crippen molar-refractivity contribution in [1.29, 1.82) is 0 Å². The van der Waals surface area contributed by atoms with Gasteiger partial charge < -0.3 is 10.1 Å². The van der Waals surface area contributed by atoms with Gasteiger partial charge in [-0.15, -0.1) is 24.8 Å². The third kappa shape index (κ3) is 5.28. The summed E-state index contributed by atoms with van der Waals surface area (Å²) < 4.78 is 21.3. The lowest BCUT2D eigenvalue weighted by Crippen LogP contribution is -2.39. The van der Waals surface area contributed by atoms with Crippen molar-refractivity contribution in [2.75, 3.05) is 23.3 Å². The second kappa shape index (κ2) is 10.6. The average molecular weight is 508 g/mol. The molecule has 1 saturated carbocycles. The van der Waals surface area contributed by atoms with Crippen LogP contribution in [0.25, 0.3) is 5.69 Å². The van der Waals surface area contributed by atoms with E-state index >= 15 is 0 Å². The quantitative estimate of drug-likeness (QED) is 0.489. The molecule has 1 saturated heterocycles. The van der Waals surface area contributed by atoms with Gasteiger partial charge in [0.2, 0.25) is 0 Å². The van der Waals surface area contributed by atoms with Gasteiger partial charge in [-0.25, -0.2) is 18.9 Å². The molecule has 1 amide bonds. The smallest absolute Gasteiger partial charge is 0.416 e. The Morgan fingerprint density at radius 1 is 1.15 bits per heavy atom. The molecule has 1 aromatic carbocycles. The lowest BCUT2D eigenvalue weighted by molar-refractivity contribution is 0.0148. The van der Waals surface area contributed by atoms with Crippen LogP contribution in [0.3, 0.4) is 0 Å². The molecule has 34 heavy (non-hydrogen) atoms. The maximum absolute atomic E-state index is 14.0. The number of carbonyl (C=O) groups excluding carboxylic acids is 1. The lowest BCUT2D eigenvalue weighted by atomic mass is 9.78. The van der Waals surface area contributed by atoms with Crippen LogP contribution < -0.4 is 10.2 Å². The molecule has 1 aliphatic carbocycles. The van der Waals surface area contributed by atoms with E-state index in [9.17, 15) is 9.18 Å². The van der Waals surface area contributed by atoms with E-state index in [2.05, 4.69) is 15.4 Å². The number of anilines is 2. The highest BCUT2D eigenvalue weighted by atomic mass is 35.5. The number of hydrogen-bond donors (Lipinski definition) is 1. The summed E-state index contributed by atoms with van der Waals surface area (Å²) in [6.45, 7) is 3.30. The van der Waals surface area contributed by atoms with E-state index in [1.807, 2.05) is 25.1 Å². The SMILES string of the molecule is Cc1ccc(N2CC3(CCC(CNc4ccn(-c5ccccc5F)n4)CC3)OC2=O)nc1.Cl.Cl. The number of rotatable bonds is 5. The molecule has 0 bridgehead atoms. The minimum atomic E-state index is -0.424. The van der Waals surface area contributed by atoms with Crippen LogP contribution in [0.15, 0.2) is 54.9 Å². The molecule has 1 aliphatic heterocycles. The van der Waals surface area contributed by atoms with Gasteiger partial charge in [0.05, 0.1) is 6.54 Å². The van der Waals surface area contributed by atoms with Crippen LogP contribution in [-0.4, -0.2) is 39.5 Å². The molecule has 3 aromatic rings. The third-order valence-corrected chi connectivity index (χ3v) is 6.42. The van der Waals surface area contributed by atoms with E-state index in [0.29, 0.717) is 24.0 Å². The Hall–Kier alpha value is -2.84. The Morgan fingerprint density at radius 2 is 1.91 bits per heavy atom. The zero-order chi connectivity index (χ0) is 22.1. The molecule has 2 aromatic heterocycles. The highest BCUT2D eigenvalue weighted by molar-refractivity contribution is 5.89. The van der Waals surface area contributed by atoms with Crippen LogP contribution in [0, 0.1) is 18.7 Å². The van der Waals surface area contributed by atoms with Gasteiger partial charge in [-0.2, -0.15) is 5.10 Å². The number of halogens is 3. The summed E-state index contributed by atoms with van der Waals surface area (Å²) in [5.41, 5.74) is 1.06. The van der Waals surface area contributed by atoms with Crippen LogP contribution in [0.4, 0.5) is 20.8 Å². The summed E-state index contributed by atoms with van der Waals surface area (Å²) in [5, 5.41) is 7.81. The van der Waals surface area contributed by atoms with Gasteiger partial charge in [0.1, 0.15) is 28.7 Å². The van der Waals surface area contributed by atoms with E-state index in [1.54, 1.807) is 40.2 Å². The number of nitrogens with zero attached hydrogens (tertiary/aromatic N) is 4. The minimum Gasteiger partial charge on any atom is -0.441 e. The van der Waals surface area contributed by atoms with Crippen LogP contribution in [0.5, 0.6) is 0 Å². The molecule has 0 unspecified atom stereocenters. The minimum absolute atomic E-state index is 0. The van der Waals surface area contributed by atoms with Gasteiger partial charge in [-0.3, -0.25) is 4.90 Å². The maximum Gasteiger partial charge on any atom is 0.416 e. The van der Waals surface area contributed by atoms with Crippen molar-refractivity contribution < 1.29 is 13.9 Å². The molecule has 1 spiro atoms. The number of aromatic nitrogens is 3. The van der Waals surface area contributed by atoms with Crippen LogP contribution in [-0.2, 0) is 4.74 Å². The number of para-hydroxylation sites is 1. The van der Waals surface area contributed by atoms with Gasteiger partial charge in [-0.05, 0) is 62.3 Å². The average Bonchev–Trinajstić information content (AvgIpc) is 3.39. The number of pyridine rings is 1. The molecule has 5 rings (SSSR count). The van der Waals surface area contributed by atoms with Gasteiger partial charge in [0.15, 0.2) is 0 Å². The summed E-state index contributed by atoms with van der Waals surface area (Å²) in [4.78, 5) is 18.5. The predicted octanol–water partition coefficient (Wildman–Crippen LogP) is 5.56. The maximum atomic E-state index is 14.0. The molecule has 3 heterocycles. The molecule has 10 heteroatoms. The van der Waals surface area contributed by atoms with Crippen molar-refractivity contribution in [1.82, 2.24) is 14.8 Å². The second-order valence-electron chi connectivity index (χ2n) is 8.75. The van der Waals surface area contributed by atoms with Gasteiger partial charge >= 0.3 is 6.09 Å². The van der Waals surface area contributed by atoms with Crippen LogP contribution in [0.1, 0.15) is 31.2 Å². The Labute approximate surface area is 210 Å². The van der Waals surface area contributed by atoms with Crippen molar-refractivity contribution in [2.45, 2.75) is 38.2 Å². The van der Waals surface area contributed by atoms with E-state index < -0.39 is 5.60 Å². The van der Waals surface area contributed by atoms with Crippen molar-refractivity contribution in [3.05, 3.63) is 66.2 Å². The number of benzene rings is 1. The van der Waals surface area contributed by atoms with Gasteiger partial charge in [-0.1, -0.05) is 18.2 Å². The van der Waals surface area contributed by atoms with Crippen molar-refractivity contribution >= 4 is 42.5 Å². The Bertz CT molecular complexity index is 1120. The summed E-state index contributed by atoms with van der Waals surface area (Å²) in [7, 11) is 0. The molecule has 2 aliphatic rings. The fourth-order valence-corrected chi connectivity index (χ4v) is 4.53. The molecule has 2 fully saturated rings. The molecule has 0 radical (unpaired) electrons. The topological polar surface area (TPSA) is 72.3 Å². The molecular weight excluding hydrogens is 480 g/mol. The molecule has 1 N–H and O–H groups in total. The highest BCUT2D eigenvalue weighted by Gasteiger charge is 2.48. The first-order valence-electron chi connectivity index (χ1n) is 11.0. The molecule has 7 nitrogen and oxygen atoms in total. The van der Waals surface area contributed by atoms with Crippen LogP contribution >= 0.6 is 24.8 Å². The first kappa shape index (κ1) is 25.8. The second-order valence-corrected chi connectivity index (χ2v) is 8.75. The summed E-state index contributed by atoms with van der Waals surface area (Å²) in [5.74, 6) is 1.52. The Kier molecular flexibility index (Phi) is 8.05. The third-order valence-electron chi connectivity index (χ3n) is 6.42. The Balaban J connectivity index is 0.00000162. The summed E-state index contributed by atoms with van der Waals surface area (Å²) in [6, 6.07) is 12.2. The fourth-order valence-electron chi connectivity index (χ4n) is 4.53. The number of amides is 1. The lowest BCUT2D eigenvalue weighted by Gasteiger charge is -2.35. The van der Waals surface area contributed by atoms with Crippen molar-refractivity contribution in [3.8, 4) is 5.69 Å². The van der Waals surface area contributed by atoms with Crippen molar-refractivity contribution in [2.24, 2.45) is 5.92 Å². The molecular formula is C24H28Cl2FN5O2. The molecule has 182 valence electrons. The number of ether oxygens (including phenoxy) is 1. The highest BCUT2D eigenvalue weighted by Crippen LogP contribution is 2.40. The number of nitrogens with one attached hydrogen (secondary N) is 1. The summed E-state index contributed by atoms with van der Waals surface area (Å²) >= 11 is 0. The number of aryl methyl sites for hydroxylation is 1. The molecule has 0 atom stereocenters. The van der Waals surface area contributed by atoms with Crippen LogP contribution in [0.2, 0.25) is 0 Å².